The third-order valence-electron chi connectivity index (χ3n) is 5.52. The molecular weight excluding hydrogens is 288 g/mol. The Hall–Kier alpha value is -1.84. The number of fused-ring (bicyclic) bond motifs is 2. The minimum absolute atomic E-state index is 0.0426. The maximum Gasteiger partial charge on any atom is 0.253 e. The molecule has 2 fully saturated rings. The lowest BCUT2D eigenvalue weighted by atomic mass is 9.88. The molecule has 0 aliphatic heterocycles. The van der Waals surface area contributed by atoms with Crippen molar-refractivity contribution in [2.24, 2.45) is 17.8 Å². The fourth-order valence-electron chi connectivity index (χ4n) is 4.19. The van der Waals surface area contributed by atoms with Gasteiger partial charge in [-0.1, -0.05) is 6.42 Å². The largest absolute Gasteiger partial charge is 0.339 e. The first-order valence-electron chi connectivity index (χ1n) is 8.82. The number of amides is 2. The summed E-state index contributed by atoms with van der Waals surface area (Å²) in [5.74, 6) is 1.74. The van der Waals surface area contributed by atoms with E-state index in [0.29, 0.717) is 24.6 Å². The number of hydrogen-bond donors (Lipinski definition) is 1. The highest BCUT2D eigenvalue weighted by Gasteiger charge is 2.42. The van der Waals surface area contributed by atoms with Crippen molar-refractivity contribution in [1.29, 1.82) is 0 Å². The zero-order valence-electron chi connectivity index (χ0n) is 14.0. The summed E-state index contributed by atoms with van der Waals surface area (Å²) in [6.45, 7) is 5.37. The number of hydrogen-bond acceptors (Lipinski definition) is 2. The van der Waals surface area contributed by atoms with E-state index in [1.54, 1.807) is 17.0 Å². The lowest BCUT2D eigenvalue weighted by Crippen LogP contribution is -2.30. The smallest absolute Gasteiger partial charge is 0.253 e. The lowest BCUT2D eigenvalue weighted by molar-refractivity contribution is -0.121. The average molecular weight is 314 g/mol. The Morgan fingerprint density at radius 3 is 2.30 bits per heavy atom. The highest BCUT2D eigenvalue weighted by Crippen LogP contribution is 2.48. The topological polar surface area (TPSA) is 49.4 Å². The lowest BCUT2D eigenvalue weighted by Gasteiger charge is -2.21. The van der Waals surface area contributed by atoms with Crippen molar-refractivity contribution in [2.75, 3.05) is 18.4 Å². The minimum atomic E-state index is 0.0426. The molecule has 4 nitrogen and oxygen atoms in total. The van der Waals surface area contributed by atoms with Crippen molar-refractivity contribution < 1.29 is 9.59 Å². The van der Waals surface area contributed by atoms with E-state index < -0.39 is 0 Å². The van der Waals surface area contributed by atoms with E-state index in [0.717, 1.165) is 18.0 Å². The Bertz CT molecular complexity index is 578. The monoisotopic (exact) mass is 314 g/mol. The molecule has 2 amide bonds. The molecule has 0 spiro atoms. The highest BCUT2D eigenvalue weighted by molar-refractivity contribution is 5.96. The summed E-state index contributed by atoms with van der Waals surface area (Å²) in [6.07, 6.45) is 4.79. The molecule has 23 heavy (non-hydrogen) atoms. The van der Waals surface area contributed by atoms with Gasteiger partial charge in [0.25, 0.3) is 5.91 Å². The molecule has 124 valence electrons. The molecule has 3 unspecified atom stereocenters. The van der Waals surface area contributed by atoms with Gasteiger partial charge in [-0.15, -0.1) is 0 Å². The quantitative estimate of drug-likeness (QED) is 0.903. The van der Waals surface area contributed by atoms with Crippen LogP contribution in [0, 0.1) is 17.8 Å². The predicted octanol–water partition coefficient (Wildman–Crippen LogP) is 3.54. The molecule has 0 radical (unpaired) electrons. The summed E-state index contributed by atoms with van der Waals surface area (Å²) in [7, 11) is 0. The van der Waals surface area contributed by atoms with Crippen LogP contribution in [0.25, 0.3) is 0 Å². The van der Waals surface area contributed by atoms with Gasteiger partial charge in [0.15, 0.2) is 0 Å². The molecule has 0 heterocycles. The molecule has 1 N–H and O–H groups in total. The first kappa shape index (κ1) is 16.0. The molecule has 0 saturated heterocycles. The molecular formula is C19H26N2O2. The molecule has 2 aliphatic rings. The molecule has 3 atom stereocenters. The summed E-state index contributed by atoms with van der Waals surface area (Å²) in [4.78, 5) is 26.5. The van der Waals surface area contributed by atoms with Crippen molar-refractivity contribution in [1.82, 2.24) is 4.90 Å². The van der Waals surface area contributed by atoms with Gasteiger partial charge in [0.05, 0.1) is 0 Å². The fraction of sp³-hybridized carbons (Fsp3) is 0.579. The highest BCUT2D eigenvalue weighted by atomic mass is 16.2. The van der Waals surface area contributed by atoms with Crippen molar-refractivity contribution in [3.63, 3.8) is 0 Å². The van der Waals surface area contributed by atoms with Gasteiger partial charge in [-0.2, -0.15) is 0 Å². The van der Waals surface area contributed by atoms with Crippen LogP contribution in [0.3, 0.4) is 0 Å². The summed E-state index contributed by atoms with van der Waals surface area (Å²) >= 11 is 0. The molecule has 3 rings (SSSR count). The van der Waals surface area contributed by atoms with Gasteiger partial charge in [0.1, 0.15) is 0 Å². The van der Waals surface area contributed by atoms with E-state index in [2.05, 4.69) is 5.32 Å². The number of anilines is 1. The number of nitrogens with zero attached hydrogens (tertiary/aromatic N) is 1. The van der Waals surface area contributed by atoms with Crippen LogP contribution in [0.2, 0.25) is 0 Å². The zero-order chi connectivity index (χ0) is 16.4. The van der Waals surface area contributed by atoms with E-state index in [-0.39, 0.29) is 17.7 Å². The Balaban J connectivity index is 1.61. The van der Waals surface area contributed by atoms with Crippen LogP contribution < -0.4 is 5.32 Å². The van der Waals surface area contributed by atoms with Crippen molar-refractivity contribution >= 4 is 17.5 Å². The minimum Gasteiger partial charge on any atom is -0.339 e. The molecule has 4 heteroatoms. The number of carbonyl (C=O) groups excluding carboxylic acids is 2. The van der Waals surface area contributed by atoms with Gasteiger partial charge in [-0.25, -0.2) is 0 Å². The zero-order valence-corrected chi connectivity index (χ0v) is 14.0. The molecule has 0 aromatic heterocycles. The standard InChI is InChI=1S/C19H26N2O2/c1-3-21(4-2)19(23)14-7-9-16(10-8-14)20-18(22)17-12-13-5-6-15(17)11-13/h7-10,13,15,17H,3-6,11-12H2,1-2H3,(H,20,22). The van der Waals surface area contributed by atoms with E-state index in [1.165, 1.54) is 19.3 Å². The van der Waals surface area contributed by atoms with Crippen molar-refractivity contribution in [3.05, 3.63) is 29.8 Å². The van der Waals surface area contributed by atoms with Gasteiger partial charge >= 0.3 is 0 Å². The molecule has 1 aromatic rings. The normalized spacial score (nSPS) is 25.4. The van der Waals surface area contributed by atoms with Crippen LogP contribution in [-0.2, 0) is 4.79 Å². The van der Waals surface area contributed by atoms with Crippen LogP contribution >= 0.6 is 0 Å². The van der Waals surface area contributed by atoms with E-state index in [9.17, 15) is 9.59 Å². The third-order valence-corrected chi connectivity index (χ3v) is 5.52. The van der Waals surface area contributed by atoms with Gasteiger partial charge in [-0.3, -0.25) is 9.59 Å². The summed E-state index contributed by atoms with van der Waals surface area (Å²) < 4.78 is 0. The van der Waals surface area contributed by atoms with E-state index >= 15 is 0 Å². The number of carbonyl (C=O) groups is 2. The van der Waals surface area contributed by atoms with Crippen molar-refractivity contribution in [2.45, 2.75) is 39.5 Å². The maximum absolute atomic E-state index is 12.4. The number of nitrogens with one attached hydrogen (secondary N) is 1. The van der Waals surface area contributed by atoms with Crippen LogP contribution in [-0.4, -0.2) is 29.8 Å². The molecule has 1 aromatic carbocycles. The summed E-state index contributed by atoms with van der Waals surface area (Å²) in [5, 5.41) is 3.03. The fourth-order valence-corrected chi connectivity index (χ4v) is 4.19. The Morgan fingerprint density at radius 2 is 1.78 bits per heavy atom. The van der Waals surface area contributed by atoms with Crippen LogP contribution in [0.5, 0.6) is 0 Å². The Kier molecular flexibility index (Phi) is 4.69. The second kappa shape index (κ2) is 6.73. The van der Waals surface area contributed by atoms with Gasteiger partial charge in [-0.05, 0) is 69.2 Å². The van der Waals surface area contributed by atoms with E-state index in [4.69, 9.17) is 0 Å². The Labute approximate surface area is 138 Å². The SMILES string of the molecule is CCN(CC)C(=O)c1ccc(NC(=O)C2CC3CCC2C3)cc1. The van der Waals surface area contributed by atoms with E-state index in [1.807, 2.05) is 26.0 Å². The average Bonchev–Trinajstić information content (AvgIpc) is 3.19. The number of benzene rings is 1. The van der Waals surface area contributed by atoms with Gasteiger partial charge < -0.3 is 10.2 Å². The molecule has 2 aliphatic carbocycles. The molecule has 2 saturated carbocycles. The second-order valence-corrected chi connectivity index (χ2v) is 6.83. The molecule has 2 bridgehead atoms. The van der Waals surface area contributed by atoms with Crippen LogP contribution in [0.15, 0.2) is 24.3 Å². The first-order chi connectivity index (χ1) is 11.1. The maximum atomic E-state index is 12.4. The summed E-state index contributed by atoms with van der Waals surface area (Å²) in [6, 6.07) is 7.28. The van der Waals surface area contributed by atoms with Crippen LogP contribution in [0.1, 0.15) is 49.9 Å². The van der Waals surface area contributed by atoms with Gasteiger partial charge in [0, 0.05) is 30.3 Å². The predicted molar refractivity (Wildman–Crippen MR) is 91.3 cm³/mol. The third kappa shape index (κ3) is 3.26. The first-order valence-corrected chi connectivity index (χ1v) is 8.82. The van der Waals surface area contributed by atoms with Gasteiger partial charge in [0.2, 0.25) is 5.91 Å². The number of rotatable bonds is 5. The van der Waals surface area contributed by atoms with Crippen molar-refractivity contribution in [3.8, 4) is 0 Å². The summed E-state index contributed by atoms with van der Waals surface area (Å²) in [5.41, 5.74) is 1.46. The Morgan fingerprint density at radius 1 is 1.09 bits per heavy atom. The van der Waals surface area contributed by atoms with Crippen LogP contribution in [0.4, 0.5) is 5.69 Å². The second-order valence-electron chi connectivity index (χ2n) is 6.83.